The van der Waals surface area contributed by atoms with Crippen LogP contribution in [0.4, 0.5) is 0 Å². The second-order valence-corrected chi connectivity index (χ2v) is 10.4. The van der Waals surface area contributed by atoms with Crippen molar-refractivity contribution in [1.82, 2.24) is 20.3 Å². The summed E-state index contributed by atoms with van der Waals surface area (Å²) >= 11 is 7.46. The Kier molecular flexibility index (Phi) is 6.26. The monoisotopic (exact) mass is 509 g/mol. The van der Waals surface area contributed by atoms with Crippen LogP contribution in [-0.4, -0.2) is 52.9 Å². The van der Waals surface area contributed by atoms with Crippen LogP contribution >= 0.6 is 35.7 Å². The molecule has 1 fully saturated rings. The van der Waals surface area contributed by atoms with Crippen LogP contribution < -0.4 is 5.73 Å². The number of ether oxygens (including phenoxy) is 1. The fourth-order valence-electron chi connectivity index (χ4n) is 4.02. The Bertz CT molecular complexity index is 1210. The zero-order valence-corrected chi connectivity index (χ0v) is 20.1. The lowest BCUT2D eigenvalue weighted by Crippen LogP contribution is -2.76. The molecule has 3 aromatic rings. The van der Waals surface area contributed by atoms with Gasteiger partial charge in [0.1, 0.15) is 16.8 Å². The molecule has 1 aromatic heterocycles. The van der Waals surface area contributed by atoms with E-state index < -0.39 is 28.2 Å². The molecule has 8 nitrogen and oxygen atoms in total. The molecule has 0 saturated carbocycles. The maximum Gasteiger partial charge on any atom is 0.356 e. The standard InChI is InChI=1S/C23H19N5O3S3/c24-23(34-13-32)21(30)28-18(16(12-33-22(23)28)17-11-25-27-26-17)20(29)31-19(14-7-3-1-4-8-14)15-9-5-2-6-10-15/h1-11,13,19,22H,12,24H2,(H,25,26,27)/t22-,23-/m0/s1. The van der Waals surface area contributed by atoms with Crippen molar-refractivity contribution in [2.75, 3.05) is 5.75 Å². The van der Waals surface area contributed by atoms with Crippen LogP contribution in [0.25, 0.3) is 5.57 Å². The highest BCUT2D eigenvalue weighted by atomic mass is 32.2. The number of carbonyl (C=O) groups is 2. The Morgan fingerprint density at radius 2 is 1.88 bits per heavy atom. The molecule has 34 heavy (non-hydrogen) atoms. The van der Waals surface area contributed by atoms with Crippen LogP contribution in [-0.2, 0) is 14.3 Å². The molecule has 2 atom stereocenters. The van der Waals surface area contributed by atoms with Crippen LogP contribution in [0.1, 0.15) is 22.9 Å². The molecule has 0 radical (unpaired) electrons. The van der Waals surface area contributed by atoms with Gasteiger partial charge < -0.3 is 10.5 Å². The maximum atomic E-state index is 13.7. The largest absolute Gasteiger partial charge is 0.448 e. The Labute approximate surface area is 209 Å². The molecule has 2 aliphatic heterocycles. The van der Waals surface area contributed by atoms with Crippen molar-refractivity contribution in [3.8, 4) is 0 Å². The molecule has 1 saturated heterocycles. The lowest BCUT2D eigenvalue weighted by Gasteiger charge is -2.54. The Balaban J connectivity index is 1.55. The van der Waals surface area contributed by atoms with Crippen LogP contribution in [0.5, 0.6) is 0 Å². The molecule has 0 spiro atoms. The van der Waals surface area contributed by atoms with Gasteiger partial charge in [0.05, 0.1) is 6.20 Å². The summed E-state index contributed by atoms with van der Waals surface area (Å²) in [6.45, 7) is 0. The first-order valence-corrected chi connectivity index (χ1v) is 12.7. The van der Waals surface area contributed by atoms with E-state index in [9.17, 15) is 9.59 Å². The number of β-lactam (4-membered cyclic amide) rings is 1. The molecule has 3 N–H and O–H groups in total. The van der Waals surface area contributed by atoms with Crippen molar-refractivity contribution >= 4 is 57.9 Å². The van der Waals surface area contributed by atoms with Gasteiger partial charge in [-0.1, -0.05) is 84.6 Å². The molecule has 0 aliphatic carbocycles. The molecule has 11 heteroatoms. The first kappa shape index (κ1) is 22.8. The van der Waals surface area contributed by atoms with Gasteiger partial charge in [-0.05, 0) is 11.1 Å². The van der Waals surface area contributed by atoms with E-state index in [-0.39, 0.29) is 5.70 Å². The van der Waals surface area contributed by atoms with Crippen LogP contribution in [0.2, 0.25) is 0 Å². The SMILES string of the molecule is N[C@]1(SC=S)C(=O)N2C(C(=O)OC(c3ccccc3)c3ccccc3)=C(c3cn[nH]n3)CS[C@H]21. The number of H-pyrrole nitrogens is 1. The molecular weight excluding hydrogens is 490 g/mol. The molecular formula is C23H19N5O3S3. The number of amides is 1. The number of nitrogens with zero attached hydrogens (tertiary/aromatic N) is 3. The summed E-state index contributed by atoms with van der Waals surface area (Å²) in [5.41, 5.74) is 9.15. The third-order valence-corrected chi connectivity index (χ3v) is 8.33. The van der Waals surface area contributed by atoms with E-state index in [2.05, 4.69) is 15.4 Å². The van der Waals surface area contributed by atoms with E-state index in [1.54, 1.807) is 0 Å². The summed E-state index contributed by atoms with van der Waals surface area (Å²) in [7, 11) is 0. The van der Waals surface area contributed by atoms with Crippen molar-refractivity contribution in [2.24, 2.45) is 5.73 Å². The fraction of sp³-hybridized carbons (Fsp3) is 0.174. The summed E-state index contributed by atoms with van der Waals surface area (Å²) in [5.74, 6) is -0.632. The number of hydrogen-bond donors (Lipinski definition) is 2. The van der Waals surface area contributed by atoms with Gasteiger partial charge in [-0.2, -0.15) is 15.4 Å². The third kappa shape index (κ3) is 3.84. The topological polar surface area (TPSA) is 114 Å². The summed E-state index contributed by atoms with van der Waals surface area (Å²) < 4.78 is 7.47. The Hall–Kier alpha value is -2.99. The number of hydrogen-bond acceptors (Lipinski definition) is 9. The summed E-state index contributed by atoms with van der Waals surface area (Å²) in [5, 5.41) is 10.1. The molecule has 3 heterocycles. The minimum absolute atomic E-state index is 0.130. The van der Waals surface area contributed by atoms with Gasteiger partial charge in [0.25, 0.3) is 5.91 Å². The lowest BCUT2D eigenvalue weighted by molar-refractivity contribution is -0.153. The highest BCUT2D eigenvalue weighted by molar-refractivity contribution is 8.22. The van der Waals surface area contributed by atoms with Gasteiger partial charge in [0.2, 0.25) is 0 Å². The summed E-state index contributed by atoms with van der Waals surface area (Å²) in [6.07, 6.45) is 0.851. The average Bonchev–Trinajstić information content (AvgIpc) is 3.42. The van der Waals surface area contributed by atoms with Gasteiger partial charge >= 0.3 is 5.97 Å². The number of carbonyl (C=O) groups excluding carboxylic acids is 2. The second kappa shape index (κ2) is 9.34. The van der Waals surface area contributed by atoms with Gasteiger partial charge in [0, 0.05) is 16.0 Å². The van der Waals surface area contributed by atoms with Gasteiger partial charge in [-0.3, -0.25) is 9.69 Å². The molecule has 2 aliphatic rings. The number of nitrogens with two attached hydrogens (primary N) is 1. The van der Waals surface area contributed by atoms with E-state index in [0.717, 1.165) is 22.9 Å². The molecule has 0 bridgehead atoms. The van der Waals surface area contributed by atoms with E-state index in [1.165, 1.54) is 27.6 Å². The highest BCUT2D eigenvalue weighted by Crippen LogP contribution is 2.51. The maximum absolute atomic E-state index is 13.7. The molecule has 0 unspecified atom stereocenters. The predicted molar refractivity (Wildman–Crippen MR) is 135 cm³/mol. The van der Waals surface area contributed by atoms with Crippen LogP contribution in [0, 0.1) is 0 Å². The quantitative estimate of drug-likeness (QED) is 0.215. The van der Waals surface area contributed by atoms with Crippen LogP contribution in [0.15, 0.2) is 72.6 Å². The molecule has 2 aromatic carbocycles. The van der Waals surface area contributed by atoms with Crippen molar-refractivity contribution < 1.29 is 14.3 Å². The van der Waals surface area contributed by atoms with E-state index in [4.69, 9.17) is 22.7 Å². The van der Waals surface area contributed by atoms with Gasteiger partial charge in [0.15, 0.2) is 11.0 Å². The Morgan fingerprint density at radius 3 is 2.44 bits per heavy atom. The smallest absolute Gasteiger partial charge is 0.356 e. The van der Waals surface area contributed by atoms with Crippen molar-refractivity contribution in [1.29, 1.82) is 0 Å². The van der Waals surface area contributed by atoms with E-state index in [1.807, 2.05) is 60.7 Å². The number of fused-ring (bicyclic) bond motifs is 1. The number of esters is 1. The van der Waals surface area contributed by atoms with Gasteiger partial charge in [-0.15, -0.1) is 11.8 Å². The Morgan fingerprint density at radius 1 is 1.24 bits per heavy atom. The van der Waals surface area contributed by atoms with E-state index in [0.29, 0.717) is 17.0 Å². The predicted octanol–water partition coefficient (Wildman–Crippen LogP) is 3.11. The van der Waals surface area contributed by atoms with Crippen molar-refractivity contribution in [3.63, 3.8) is 0 Å². The number of aromatic nitrogens is 3. The molecule has 172 valence electrons. The molecule has 1 amide bonds. The first-order valence-electron chi connectivity index (χ1n) is 10.3. The highest BCUT2D eigenvalue weighted by Gasteiger charge is 2.63. The summed E-state index contributed by atoms with van der Waals surface area (Å²) in [4.78, 5) is 27.1. The number of rotatable bonds is 7. The average molecular weight is 510 g/mol. The lowest BCUT2D eigenvalue weighted by atomic mass is 10.00. The fourth-order valence-corrected chi connectivity index (χ4v) is 6.75. The number of thiocarbonyl (C=S) groups is 1. The normalized spacial score (nSPS) is 21.8. The second-order valence-electron chi connectivity index (χ2n) is 7.63. The van der Waals surface area contributed by atoms with Gasteiger partial charge in [-0.25, -0.2) is 4.79 Å². The summed E-state index contributed by atoms with van der Waals surface area (Å²) in [6, 6.07) is 18.9. The number of nitrogens with one attached hydrogen (secondary N) is 1. The minimum atomic E-state index is -1.23. The van der Waals surface area contributed by atoms with E-state index >= 15 is 0 Å². The molecule has 5 rings (SSSR count). The third-order valence-electron chi connectivity index (χ3n) is 5.66. The van der Waals surface area contributed by atoms with Crippen LogP contribution in [0.3, 0.4) is 0 Å². The van der Waals surface area contributed by atoms with Crippen molar-refractivity contribution in [2.45, 2.75) is 16.3 Å². The number of thioether (sulfide) groups is 2. The van der Waals surface area contributed by atoms with Crippen molar-refractivity contribution in [3.05, 3.63) is 89.4 Å². The zero-order chi connectivity index (χ0) is 23.7. The first-order chi connectivity index (χ1) is 16.5. The zero-order valence-electron chi connectivity index (χ0n) is 17.7. The number of aromatic amines is 1. The number of benzene rings is 2. The minimum Gasteiger partial charge on any atom is -0.448 e.